The van der Waals surface area contributed by atoms with Gasteiger partial charge in [-0.1, -0.05) is 13.8 Å². The summed E-state index contributed by atoms with van der Waals surface area (Å²) in [7, 11) is 0. The average Bonchev–Trinajstić information content (AvgIpc) is 2.96. The second-order valence-electron chi connectivity index (χ2n) is 5.69. The molecule has 0 heterocycles. The van der Waals surface area contributed by atoms with Crippen LogP contribution in [0, 0.1) is 11.3 Å². The lowest BCUT2D eigenvalue weighted by Crippen LogP contribution is -2.59. The van der Waals surface area contributed by atoms with Gasteiger partial charge in [0, 0.05) is 24.7 Å². The van der Waals surface area contributed by atoms with Crippen LogP contribution in [0.4, 0.5) is 0 Å². The zero-order valence-electron chi connectivity index (χ0n) is 10.5. The van der Waals surface area contributed by atoms with Crippen LogP contribution in [0.3, 0.4) is 0 Å². The Bertz CT molecular complexity index is 216. The predicted octanol–water partition coefficient (Wildman–Crippen LogP) is 1.11. The molecule has 4 N–H and O–H groups in total. The van der Waals surface area contributed by atoms with Gasteiger partial charge in [0.05, 0.1) is 0 Å². The fourth-order valence-electron chi connectivity index (χ4n) is 2.02. The number of nitrogens with one attached hydrogen (secondary N) is 1. The minimum Gasteiger partial charge on any atom is -0.396 e. The van der Waals surface area contributed by atoms with Crippen molar-refractivity contribution < 1.29 is 5.11 Å². The molecular weight excluding hydrogens is 188 g/mol. The second-order valence-corrected chi connectivity index (χ2v) is 5.69. The molecule has 15 heavy (non-hydrogen) atoms. The molecule has 0 radical (unpaired) electrons. The molecule has 1 rings (SSSR count). The van der Waals surface area contributed by atoms with E-state index in [2.05, 4.69) is 33.0 Å². The minimum absolute atomic E-state index is 0.00977. The monoisotopic (exact) mass is 214 g/mol. The summed E-state index contributed by atoms with van der Waals surface area (Å²) >= 11 is 0. The van der Waals surface area contributed by atoms with Gasteiger partial charge in [0.25, 0.3) is 0 Å². The van der Waals surface area contributed by atoms with Crippen molar-refractivity contribution in [2.75, 3.05) is 13.2 Å². The van der Waals surface area contributed by atoms with Crippen molar-refractivity contribution in [3.8, 4) is 0 Å². The Morgan fingerprint density at radius 1 is 1.47 bits per heavy atom. The molecule has 0 aromatic heterocycles. The number of aliphatic hydroxyl groups is 1. The summed E-state index contributed by atoms with van der Waals surface area (Å²) in [6.45, 7) is 9.58. The van der Waals surface area contributed by atoms with Crippen LogP contribution in [-0.4, -0.2) is 29.8 Å². The molecule has 1 fully saturated rings. The van der Waals surface area contributed by atoms with E-state index in [-0.39, 0.29) is 18.1 Å². The summed E-state index contributed by atoms with van der Waals surface area (Å²) in [4.78, 5) is 0. The highest BCUT2D eigenvalue weighted by Gasteiger charge is 2.52. The summed E-state index contributed by atoms with van der Waals surface area (Å²) in [5.41, 5.74) is 6.26. The maximum Gasteiger partial charge on any atom is 0.0471 e. The molecule has 1 aliphatic rings. The topological polar surface area (TPSA) is 58.3 Å². The summed E-state index contributed by atoms with van der Waals surface area (Å²) in [6.07, 6.45) is 2.52. The van der Waals surface area contributed by atoms with Crippen LogP contribution in [0.1, 0.15) is 40.5 Å². The fraction of sp³-hybridized carbons (Fsp3) is 1.00. The van der Waals surface area contributed by atoms with Crippen molar-refractivity contribution in [1.29, 1.82) is 0 Å². The summed E-state index contributed by atoms with van der Waals surface area (Å²) in [5, 5.41) is 12.7. The predicted molar refractivity (Wildman–Crippen MR) is 63.6 cm³/mol. The molecule has 0 saturated heterocycles. The van der Waals surface area contributed by atoms with Crippen molar-refractivity contribution in [3.05, 3.63) is 0 Å². The van der Waals surface area contributed by atoms with Crippen LogP contribution in [0.15, 0.2) is 0 Å². The highest BCUT2D eigenvalue weighted by Crippen LogP contribution is 2.53. The Morgan fingerprint density at radius 2 is 2.00 bits per heavy atom. The van der Waals surface area contributed by atoms with Gasteiger partial charge in [0.15, 0.2) is 0 Å². The lowest BCUT2D eigenvalue weighted by Gasteiger charge is -2.40. The molecule has 3 unspecified atom stereocenters. The lowest BCUT2D eigenvalue weighted by atomic mass is 9.82. The van der Waals surface area contributed by atoms with E-state index in [1.165, 1.54) is 12.8 Å². The van der Waals surface area contributed by atoms with E-state index < -0.39 is 0 Å². The Hall–Kier alpha value is -0.120. The lowest BCUT2D eigenvalue weighted by molar-refractivity contribution is 0.152. The van der Waals surface area contributed by atoms with Gasteiger partial charge < -0.3 is 16.2 Å². The van der Waals surface area contributed by atoms with E-state index in [0.29, 0.717) is 18.0 Å². The van der Waals surface area contributed by atoms with Crippen LogP contribution < -0.4 is 11.1 Å². The number of hydrogen-bond acceptors (Lipinski definition) is 3. The third kappa shape index (κ3) is 2.52. The molecule has 3 heteroatoms. The van der Waals surface area contributed by atoms with Crippen LogP contribution >= 0.6 is 0 Å². The van der Waals surface area contributed by atoms with E-state index >= 15 is 0 Å². The van der Waals surface area contributed by atoms with E-state index in [9.17, 15) is 0 Å². The number of nitrogens with two attached hydrogens (primary N) is 1. The number of hydrogen-bond donors (Lipinski definition) is 3. The Balaban J connectivity index is 2.60. The van der Waals surface area contributed by atoms with Gasteiger partial charge in [0.1, 0.15) is 0 Å². The van der Waals surface area contributed by atoms with Crippen LogP contribution in [0.25, 0.3) is 0 Å². The first-order valence-electron chi connectivity index (χ1n) is 5.97. The Kier molecular flexibility index (Phi) is 3.80. The molecule has 90 valence electrons. The zero-order valence-corrected chi connectivity index (χ0v) is 10.5. The summed E-state index contributed by atoms with van der Waals surface area (Å²) < 4.78 is 0. The minimum atomic E-state index is 0.00977. The Labute approximate surface area is 93.4 Å². The van der Waals surface area contributed by atoms with Crippen molar-refractivity contribution >= 4 is 0 Å². The average molecular weight is 214 g/mol. The van der Waals surface area contributed by atoms with Gasteiger partial charge in [-0.15, -0.1) is 0 Å². The molecule has 0 aliphatic heterocycles. The van der Waals surface area contributed by atoms with Crippen molar-refractivity contribution in [2.24, 2.45) is 17.1 Å². The summed E-state index contributed by atoms with van der Waals surface area (Å²) in [5.74, 6) is 0.276. The quantitative estimate of drug-likeness (QED) is 0.621. The highest BCUT2D eigenvalue weighted by atomic mass is 16.3. The maximum atomic E-state index is 9.12. The first-order chi connectivity index (χ1) is 6.88. The van der Waals surface area contributed by atoms with Gasteiger partial charge >= 0.3 is 0 Å². The molecule has 0 bridgehead atoms. The molecule has 1 saturated carbocycles. The molecule has 3 nitrogen and oxygen atoms in total. The van der Waals surface area contributed by atoms with Crippen molar-refractivity contribution in [2.45, 2.75) is 52.1 Å². The Morgan fingerprint density at radius 3 is 2.33 bits per heavy atom. The van der Waals surface area contributed by atoms with Gasteiger partial charge in [-0.2, -0.15) is 0 Å². The molecule has 1 aliphatic carbocycles. The molecule has 0 aromatic carbocycles. The van der Waals surface area contributed by atoms with E-state index in [0.717, 1.165) is 0 Å². The van der Waals surface area contributed by atoms with E-state index in [1.807, 2.05) is 0 Å². The zero-order chi connectivity index (χ0) is 11.7. The SMILES string of the molecule is CC(CO)C(C)NC(C)(CN)C1(C)CC1. The van der Waals surface area contributed by atoms with E-state index in [4.69, 9.17) is 10.8 Å². The summed E-state index contributed by atoms with van der Waals surface area (Å²) in [6, 6.07) is 0.306. The molecule has 0 aromatic rings. The van der Waals surface area contributed by atoms with Crippen molar-refractivity contribution in [1.82, 2.24) is 5.32 Å². The highest BCUT2D eigenvalue weighted by molar-refractivity contribution is 5.09. The van der Waals surface area contributed by atoms with Gasteiger partial charge in [0.2, 0.25) is 0 Å². The second kappa shape index (κ2) is 4.40. The van der Waals surface area contributed by atoms with Gasteiger partial charge in [-0.25, -0.2) is 0 Å². The fourth-order valence-corrected chi connectivity index (χ4v) is 2.02. The molecule has 0 spiro atoms. The van der Waals surface area contributed by atoms with Gasteiger partial charge in [-0.05, 0) is 38.0 Å². The third-order valence-corrected chi connectivity index (χ3v) is 4.43. The van der Waals surface area contributed by atoms with Crippen LogP contribution in [0.5, 0.6) is 0 Å². The maximum absolute atomic E-state index is 9.12. The molecule has 0 amide bonds. The van der Waals surface area contributed by atoms with E-state index in [1.54, 1.807) is 0 Å². The molecular formula is C12H26N2O. The molecule has 3 atom stereocenters. The third-order valence-electron chi connectivity index (χ3n) is 4.43. The van der Waals surface area contributed by atoms with Crippen molar-refractivity contribution in [3.63, 3.8) is 0 Å². The van der Waals surface area contributed by atoms with Gasteiger partial charge in [-0.3, -0.25) is 0 Å². The largest absolute Gasteiger partial charge is 0.396 e. The first kappa shape index (κ1) is 12.9. The normalized spacial score (nSPS) is 26.8. The van der Waals surface area contributed by atoms with Crippen LogP contribution in [0.2, 0.25) is 0 Å². The number of rotatable bonds is 6. The number of aliphatic hydroxyl groups excluding tert-OH is 1. The smallest absolute Gasteiger partial charge is 0.0471 e. The first-order valence-corrected chi connectivity index (χ1v) is 5.97. The van der Waals surface area contributed by atoms with Crippen LogP contribution in [-0.2, 0) is 0 Å². The standard InChI is InChI=1S/C12H26N2O/c1-9(7-15)10(2)14-12(4,8-13)11(3)5-6-11/h9-10,14-15H,5-8,13H2,1-4H3.